The van der Waals surface area contributed by atoms with Crippen LogP contribution < -0.4 is 14.2 Å². The molecule has 0 N–H and O–H groups in total. The molecule has 2 aromatic heterocycles. The topological polar surface area (TPSA) is 79.3 Å². The third-order valence-electron chi connectivity index (χ3n) is 6.19. The van der Waals surface area contributed by atoms with Crippen molar-refractivity contribution in [1.82, 2.24) is 19.9 Å². The maximum Gasteiger partial charge on any atom is 0.261 e. The first kappa shape index (κ1) is 24.5. The summed E-state index contributed by atoms with van der Waals surface area (Å²) in [5, 5.41) is 0. The van der Waals surface area contributed by atoms with Crippen LogP contribution in [-0.4, -0.2) is 34.2 Å². The Morgan fingerprint density at radius 2 is 1.71 bits per heavy atom. The normalized spacial score (nSPS) is 13.9. The van der Waals surface area contributed by atoms with E-state index in [0.717, 1.165) is 24.1 Å². The van der Waals surface area contributed by atoms with Crippen LogP contribution in [-0.2, 0) is 6.61 Å². The minimum absolute atomic E-state index is 0.0150. The summed E-state index contributed by atoms with van der Waals surface area (Å²) < 4.78 is 46.3. The van der Waals surface area contributed by atoms with Crippen LogP contribution in [0, 0.1) is 11.6 Å². The molecule has 0 spiro atoms. The van der Waals surface area contributed by atoms with Gasteiger partial charge in [-0.25, -0.2) is 23.7 Å². The average Bonchev–Trinajstić information content (AvgIpc) is 3.71. The molecule has 1 aromatic carbocycles. The molecular weight excluding hydrogens is 454 g/mol. The highest BCUT2D eigenvalue weighted by molar-refractivity contribution is 5.68. The molecule has 1 aliphatic carbocycles. The second-order valence-electron chi connectivity index (χ2n) is 8.47. The third kappa shape index (κ3) is 5.08. The van der Waals surface area contributed by atoms with Crippen molar-refractivity contribution in [3.8, 4) is 28.9 Å². The highest BCUT2D eigenvalue weighted by atomic mass is 19.1. The molecule has 4 rings (SSSR count). The molecule has 184 valence electrons. The summed E-state index contributed by atoms with van der Waals surface area (Å²) in [6.45, 7) is 5.42. The molecule has 1 aliphatic rings. The van der Waals surface area contributed by atoms with Crippen molar-refractivity contribution < 1.29 is 23.0 Å². The Kier molecular flexibility index (Phi) is 7.23. The van der Waals surface area contributed by atoms with Crippen molar-refractivity contribution in [2.45, 2.75) is 52.6 Å². The molecule has 7 nitrogen and oxygen atoms in total. The van der Waals surface area contributed by atoms with Gasteiger partial charge in [0, 0.05) is 11.5 Å². The van der Waals surface area contributed by atoms with Crippen molar-refractivity contribution in [3.63, 3.8) is 0 Å². The predicted molar refractivity (Wildman–Crippen MR) is 127 cm³/mol. The highest BCUT2D eigenvalue weighted by Crippen LogP contribution is 2.45. The predicted octanol–water partition coefficient (Wildman–Crippen LogP) is 5.89. The second kappa shape index (κ2) is 10.3. The lowest BCUT2D eigenvalue weighted by molar-refractivity contribution is 0.270. The first-order valence-electron chi connectivity index (χ1n) is 11.5. The fraction of sp³-hybridized carbons (Fsp3) is 0.385. The van der Waals surface area contributed by atoms with E-state index in [1.165, 1.54) is 38.9 Å². The molecule has 0 amide bonds. The van der Waals surface area contributed by atoms with Gasteiger partial charge in [0.25, 0.3) is 5.88 Å². The number of methoxy groups -OCH3 is 2. The minimum atomic E-state index is -0.635. The molecule has 0 aliphatic heterocycles. The maximum absolute atomic E-state index is 14.8. The van der Waals surface area contributed by atoms with Gasteiger partial charge in [-0.15, -0.1) is 0 Å². The van der Waals surface area contributed by atoms with Crippen LogP contribution in [0.3, 0.4) is 0 Å². The van der Waals surface area contributed by atoms with Crippen LogP contribution in [0.2, 0.25) is 0 Å². The van der Waals surface area contributed by atoms with Gasteiger partial charge in [0.05, 0.1) is 26.1 Å². The molecule has 3 aromatic rings. The van der Waals surface area contributed by atoms with Crippen molar-refractivity contribution in [2.75, 3.05) is 14.2 Å². The lowest BCUT2D eigenvalue weighted by Gasteiger charge is -2.14. The Labute approximate surface area is 203 Å². The van der Waals surface area contributed by atoms with Gasteiger partial charge in [0.1, 0.15) is 30.1 Å². The Morgan fingerprint density at radius 1 is 1.00 bits per heavy atom. The molecule has 1 saturated carbocycles. The standard InChI is InChI=1S/C26H28F2N4O3/c1-6-14(2)15(3)21-18(27)9-16(10-19(21)28)12-35-25-20(33-4)11-29-24(32-25)22-23(17-7-8-17)30-13-31-26(22)34-5/h9-11,13,17H,6-8,12H2,1-5H3. The quantitative estimate of drug-likeness (QED) is 0.376. The van der Waals surface area contributed by atoms with E-state index in [0.29, 0.717) is 40.7 Å². The number of hydrogen-bond acceptors (Lipinski definition) is 7. The molecule has 0 bridgehead atoms. The fourth-order valence-corrected chi connectivity index (χ4v) is 3.83. The molecule has 0 radical (unpaired) electrons. The summed E-state index contributed by atoms with van der Waals surface area (Å²) in [6.07, 6.45) is 5.69. The molecular formula is C26H28F2N4O3. The number of benzene rings is 1. The third-order valence-corrected chi connectivity index (χ3v) is 6.19. The van der Waals surface area contributed by atoms with Crippen LogP contribution in [0.1, 0.15) is 62.8 Å². The van der Waals surface area contributed by atoms with Crippen molar-refractivity contribution >= 4 is 5.57 Å². The molecule has 2 heterocycles. The zero-order chi connectivity index (χ0) is 25.1. The van der Waals surface area contributed by atoms with Crippen molar-refractivity contribution in [1.29, 1.82) is 0 Å². The van der Waals surface area contributed by atoms with Gasteiger partial charge in [0.15, 0.2) is 11.6 Å². The van der Waals surface area contributed by atoms with E-state index in [9.17, 15) is 8.78 Å². The van der Waals surface area contributed by atoms with Crippen LogP contribution >= 0.6 is 0 Å². The van der Waals surface area contributed by atoms with Crippen LogP contribution in [0.5, 0.6) is 17.5 Å². The molecule has 35 heavy (non-hydrogen) atoms. The number of allylic oxidation sites excluding steroid dienone is 2. The van der Waals surface area contributed by atoms with E-state index in [-0.39, 0.29) is 23.8 Å². The lowest BCUT2D eigenvalue weighted by Crippen LogP contribution is -2.06. The molecule has 0 atom stereocenters. The monoisotopic (exact) mass is 482 g/mol. The summed E-state index contributed by atoms with van der Waals surface area (Å²) >= 11 is 0. The first-order chi connectivity index (χ1) is 16.9. The number of rotatable bonds is 9. The zero-order valence-corrected chi connectivity index (χ0v) is 20.5. The van der Waals surface area contributed by atoms with Gasteiger partial charge < -0.3 is 14.2 Å². The summed E-state index contributed by atoms with van der Waals surface area (Å²) in [7, 11) is 2.99. The second-order valence-corrected chi connectivity index (χ2v) is 8.47. The first-order valence-corrected chi connectivity index (χ1v) is 11.5. The Morgan fingerprint density at radius 3 is 2.31 bits per heavy atom. The average molecular weight is 483 g/mol. The minimum Gasteiger partial charge on any atom is -0.490 e. The van der Waals surface area contributed by atoms with Gasteiger partial charge in [-0.1, -0.05) is 12.5 Å². The summed E-state index contributed by atoms with van der Waals surface area (Å²) in [5.41, 5.74) is 3.25. The molecule has 1 fully saturated rings. The van der Waals surface area contributed by atoms with Gasteiger partial charge in [0.2, 0.25) is 5.88 Å². The maximum atomic E-state index is 14.8. The summed E-state index contributed by atoms with van der Waals surface area (Å²) in [4.78, 5) is 17.5. The smallest absolute Gasteiger partial charge is 0.261 e. The molecule has 9 heteroatoms. The number of nitrogens with zero attached hydrogens (tertiary/aromatic N) is 4. The summed E-state index contributed by atoms with van der Waals surface area (Å²) in [5.74, 6) is 0.136. The number of ether oxygens (including phenoxy) is 3. The van der Waals surface area contributed by atoms with Crippen LogP contribution in [0.15, 0.2) is 30.2 Å². The Balaban J connectivity index is 1.65. The molecule has 0 unspecified atom stereocenters. The van der Waals surface area contributed by atoms with E-state index in [4.69, 9.17) is 14.2 Å². The SMILES string of the molecule is CCC(C)=C(C)c1c(F)cc(COc2nc(-c3c(OC)ncnc3C3CC3)ncc2OC)cc1F. The number of halogens is 2. The number of hydrogen-bond donors (Lipinski definition) is 0. The van der Waals surface area contributed by atoms with Gasteiger partial charge in [-0.3, -0.25) is 0 Å². The van der Waals surface area contributed by atoms with Gasteiger partial charge in [-0.05, 0) is 56.4 Å². The Bertz CT molecular complexity index is 1250. The van der Waals surface area contributed by atoms with E-state index < -0.39 is 11.6 Å². The van der Waals surface area contributed by atoms with Crippen molar-refractivity contribution in [2.24, 2.45) is 0 Å². The molecule has 0 saturated heterocycles. The van der Waals surface area contributed by atoms with E-state index in [1.54, 1.807) is 6.92 Å². The van der Waals surface area contributed by atoms with E-state index >= 15 is 0 Å². The fourth-order valence-electron chi connectivity index (χ4n) is 3.83. The van der Waals surface area contributed by atoms with E-state index in [2.05, 4.69) is 19.9 Å². The summed E-state index contributed by atoms with van der Waals surface area (Å²) in [6, 6.07) is 2.55. The van der Waals surface area contributed by atoms with Crippen LogP contribution in [0.25, 0.3) is 17.0 Å². The lowest BCUT2D eigenvalue weighted by atomic mass is 9.98. The van der Waals surface area contributed by atoms with Gasteiger partial charge >= 0.3 is 0 Å². The van der Waals surface area contributed by atoms with Gasteiger partial charge in [-0.2, -0.15) is 4.98 Å². The van der Waals surface area contributed by atoms with Crippen molar-refractivity contribution in [3.05, 3.63) is 58.7 Å². The van der Waals surface area contributed by atoms with Crippen LogP contribution in [0.4, 0.5) is 8.78 Å². The largest absolute Gasteiger partial charge is 0.490 e. The Hall–Kier alpha value is -3.62. The highest BCUT2D eigenvalue weighted by Gasteiger charge is 2.31. The number of aromatic nitrogens is 4. The van der Waals surface area contributed by atoms with E-state index in [1.807, 2.05) is 13.8 Å². The zero-order valence-electron chi connectivity index (χ0n) is 20.5.